The molecule has 2 rings (SSSR count). The summed E-state index contributed by atoms with van der Waals surface area (Å²) in [5, 5.41) is 3.52. The van der Waals surface area contributed by atoms with Crippen molar-refractivity contribution in [1.29, 1.82) is 0 Å². The van der Waals surface area contributed by atoms with E-state index in [1.807, 2.05) is 0 Å². The average molecular weight is 290 g/mol. The molecule has 1 aromatic rings. The highest BCUT2D eigenvalue weighted by atomic mass is 16.5. The van der Waals surface area contributed by atoms with Crippen LogP contribution in [0.15, 0.2) is 24.3 Å². The van der Waals surface area contributed by atoms with Crippen molar-refractivity contribution in [2.75, 3.05) is 33.4 Å². The summed E-state index contributed by atoms with van der Waals surface area (Å²) in [4.78, 5) is 2.54. The number of hydrogen-bond donors (Lipinski definition) is 1. The maximum absolute atomic E-state index is 5.49. The molecule has 1 fully saturated rings. The van der Waals surface area contributed by atoms with Gasteiger partial charge in [0.1, 0.15) is 0 Å². The highest BCUT2D eigenvalue weighted by Crippen LogP contribution is 2.31. The summed E-state index contributed by atoms with van der Waals surface area (Å²) in [6.45, 7) is 10.6. The normalized spacial score (nSPS) is 18.7. The zero-order valence-electron chi connectivity index (χ0n) is 14.0. The first-order valence-corrected chi connectivity index (χ1v) is 8.18. The SMILES string of the molecule is CCCc1ccc(C(NC)C(C)(C)N2CCOCC2)cc1. The lowest BCUT2D eigenvalue weighted by molar-refractivity contribution is -0.0229. The van der Waals surface area contributed by atoms with Crippen molar-refractivity contribution >= 4 is 0 Å². The fourth-order valence-corrected chi connectivity index (χ4v) is 3.42. The molecule has 0 saturated carbocycles. The van der Waals surface area contributed by atoms with Crippen LogP contribution in [0.4, 0.5) is 0 Å². The molecule has 0 spiro atoms. The smallest absolute Gasteiger partial charge is 0.0594 e. The second kappa shape index (κ2) is 7.39. The van der Waals surface area contributed by atoms with Gasteiger partial charge in [0, 0.05) is 24.7 Å². The summed E-state index contributed by atoms with van der Waals surface area (Å²) < 4.78 is 5.49. The summed E-state index contributed by atoms with van der Waals surface area (Å²) in [5.41, 5.74) is 2.87. The minimum Gasteiger partial charge on any atom is -0.379 e. The molecule has 1 N–H and O–H groups in total. The molecule has 0 aromatic heterocycles. The van der Waals surface area contributed by atoms with Gasteiger partial charge >= 0.3 is 0 Å². The van der Waals surface area contributed by atoms with Gasteiger partial charge in [-0.3, -0.25) is 4.90 Å². The third kappa shape index (κ3) is 3.85. The van der Waals surface area contributed by atoms with E-state index in [0.717, 1.165) is 32.7 Å². The Kier molecular flexibility index (Phi) is 5.80. The molecule has 0 bridgehead atoms. The Morgan fingerprint density at radius 1 is 1.19 bits per heavy atom. The molecule has 21 heavy (non-hydrogen) atoms. The number of rotatable bonds is 6. The average Bonchev–Trinajstić information content (AvgIpc) is 2.51. The Balaban J connectivity index is 2.16. The maximum Gasteiger partial charge on any atom is 0.0594 e. The summed E-state index contributed by atoms with van der Waals surface area (Å²) in [5.74, 6) is 0. The molecular weight excluding hydrogens is 260 g/mol. The molecule has 0 radical (unpaired) electrons. The molecule has 1 unspecified atom stereocenters. The van der Waals surface area contributed by atoms with Crippen molar-refractivity contribution in [2.45, 2.75) is 45.2 Å². The van der Waals surface area contributed by atoms with E-state index in [-0.39, 0.29) is 5.54 Å². The van der Waals surface area contributed by atoms with Crippen molar-refractivity contribution in [3.8, 4) is 0 Å². The molecule has 1 aromatic carbocycles. The van der Waals surface area contributed by atoms with Gasteiger partial charge in [-0.15, -0.1) is 0 Å². The third-order valence-electron chi connectivity index (χ3n) is 4.67. The molecule has 1 heterocycles. The van der Waals surface area contributed by atoms with Crippen LogP contribution < -0.4 is 5.32 Å². The number of nitrogens with one attached hydrogen (secondary N) is 1. The number of nitrogens with zero attached hydrogens (tertiary/aromatic N) is 1. The van der Waals surface area contributed by atoms with Gasteiger partial charge in [0.2, 0.25) is 0 Å². The molecule has 1 aliphatic heterocycles. The van der Waals surface area contributed by atoms with Crippen molar-refractivity contribution in [1.82, 2.24) is 10.2 Å². The summed E-state index contributed by atoms with van der Waals surface area (Å²) in [6, 6.07) is 9.45. The van der Waals surface area contributed by atoms with E-state index in [4.69, 9.17) is 4.74 Å². The van der Waals surface area contributed by atoms with Crippen LogP contribution in [0.2, 0.25) is 0 Å². The molecule has 0 aliphatic carbocycles. The van der Waals surface area contributed by atoms with E-state index < -0.39 is 0 Å². The van der Waals surface area contributed by atoms with Gasteiger partial charge in [0.15, 0.2) is 0 Å². The first-order valence-electron chi connectivity index (χ1n) is 8.18. The molecule has 0 amide bonds. The van der Waals surface area contributed by atoms with E-state index >= 15 is 0 Å². The third-order valence-corrected chi connectivity index (χ3v) is 4.67. The highest BCUT2D eigenvalue weighted by Gasteiger charge is 2.36. The number of likely N-dealkylation sites (N-methyl/N-ethyl adjacent to an activating group) is 1. The predicted octanol–water partition coefficient (Wildman–Crippen LogP) is 3.01. The fraction of sp³-hybridized carbons (Fsp3) is 0.667. The van der Waals surface area contributed by atoms with Crippen LogP contribution in [0.1, 0.15) is 44.4 Å². The Morgan fingerprint density at radius 2 is 1.81 bits per heavy atom. The largest absolute Gasteiger partial charge is 0.379 e. The molecule has 3 heteroatoms. The summed E-state index contributed by atoms with van der Waals surface area (Å²) in [7, 11) is 2.06. The molecule has 1 aliphatic rings. The van der Waals surface area contributed by atoms with Gasteiger partial charge in [-0.2, -0.15) is 0 Å². The first-order chi connectivity index (χ1) is 10.1. The van der Waals surface area contributed by atoms with E-state index in [1.165, 1.54) is 17.5 Å². The van der Waals surface area contributed by atoms with E-state index in [1.54, 1.807) is 0 Å². The zero-order valence-corrected chi connectivity index (χ0v) is 14.0. The predicted molar refractivity (Wildman–Crippen MR) is 88.7 cm³/mol. The van der Waals surface area contributed by atoms with Gasteiger partial charge in [-0.1, -0.05) is 37.6 Å². The van der Waals surface area contributed by atoms with Gasteiger partial charge in [-0.25, -0.2) is 0 Å². The molecule has 1 atom stereocenters. The van der Waals surface area contributed by atoms with E-state index in [0.29, 0.717) is 6.04 Å². The summed E-state index contributed by atoms with van der Waals surface area (Å²) >= 11 is 0. The van der Waals surface area contributed by atoms with Crippen molar-refractivity contribution < 1.29 is 4.74 Å². The monoisotopic (exact) mass is 290 g/mol. The number of hydrogen-bond acceptors (Lipinski definition) is 3. The van der Waals surface area contributed by atoms with Gasteiger partial charge in [-0.05, 0) is 38.4 Å². The molecule has 3 nitrogen and oxygen atoms in total. The van der Waals surface area contributed by atoms with Crippen LogP contribution in [0.5, 0.6) is 0 Å². The summed E-state index contributed by atoms with van der Waals surface area (Å²) in [6.07, 6.45) is 2.37. The van der Waals surface area contributed by atoms with Crippen LogP contribution in [0.25, 0.3) is 0 Å². The number of morpholine rings is 1. The topological polar surface area (TPSA) is 24.5 Å². The Bertz CT molecular complexity index is 421. The van der Waals surface area contributed by atoms with Gasteiger partial charge in [0.05, 0.1) is 13.2 Å². The van der Waals surface area contributed by atoms with Crippen LogP contribution >= 0.6 is 0 Å². The van der Waals surface area contributed by atoms with Crippen molar-refractivity contribution in [3.05, 3.63) is 35.4 Å². The van der Waals surface area contributed by atoms with Crippen LogP contribution in [-0.2, 0) is 11.2 Å². The van der Waals surface area contributed by atoms with Gasteiger partial charge in [0.25, 0.3) is 0 Å². The van der Waals surface area contributed by atoms with Crippen molar-refractivity contribution in [2.24, 2.45) is 0 Å². The number of benzene rings is 1. The Labute approximate surface area is 129 Å². The standard InChI is InChI=1S/C18H30N2O/c1-5-6-15-7-9-16(10-8-15)17(19-4)18(2,3)20-11-13-21-14-12-20/h7-10,17,19H,5-6,11-14H2,1-4H3. The second-order valence-electron chi connectivity index (χ2n) is 6.47. The molecular formula is C18H30N2O. The lowest BCUT2D eigenvalue weighted by atomic mass is 9.86. The van der Waals surface area contributed by atoms with Crippen molar-refractivity contribution in [3.63, 3.8) is 0 Å². The maximum atomic E-state index is 5.49. The highest BCUT2D eigenvalue weighted by molar-refractivity contribution is 5.27. The second-order valence-corrected chi connectivity index (χ2v) is 6.47. The molecule has 1 saturated heterocycles. The van der Waals surface area contributed by atoms with Crippen LogP contribution in [0, 0.1) is 0 Å². The molecule has 118 valence electrons. The first kappa shape index (κ1) is 16.5. The van der Waals surface area contributed by atoms with E-state index in [9.17, 15) is 0 Å². The number of ether oxygens (including phenoxy) is 1. The Morgan fingerprint density at radius 3 is 2.33 bits per heavy atom. The minimum atomic E-state index is 0.0742. The lowest BCUT2D eigenvalue weighted by Crippen LogP contribution is -2.55. The minimum absolute atomic E-state index is 0.0742. The zero-order chi connectivity index (χ0) is 15.3. The van der Waals surface area contributed by atoms with Gasteiger partial charge < -0.3 is 10.1 Å². The van der Waals surface area contributed by atoms with Crippen LogP contribution in [0.3, 0.4) is 0 Å². The lowest BCUT2D eigenvalue weighted by Gasteiger charge is -2.46. The van der Waals surface area contributed by atoms with E-state index in [2.05, 4.69) is 62.3 Å². The Hall–Kier alpha value is -0.900. The quantitative estimate of drug-likeness (QED) is 0.871. The van der Waals surface area contributed by atoms with Crippen LogP contribution in [-0.4, -0.2) is 43.8 Å². The number of aryl methyl sites for hydroxylation is 1. The fourth-order valence-electron chi connectivity index (χ4n) is 3.42.